The predicted molar refractivity (Wildman–Crippen MR) is 130 cm³/mol. The van der Waals surface area contributed by atoms with Crippen LogP contribution in [0.25, 0.3) is 10.1 Å². The molecule has 0 spiro atoms. The summed E-state index contributed by atoms with van der Waals surface area (Å²) in [6, 6.07) is 15.1. The van der Waals surface area contributed by atoms with Crippen LogP contribution in [0.15, 0.2) is 54.6 Å². The van der Waals surface area contributed by atoms with Crippen molar-refractivity contribution < 1.29 is 28.5 Å². The van der Waals surface area contributed by atoms with Gasteiger partial charge in [0.2, 0.25) is 0 Å². The van der Waals surface area contributed by atoms with Crippen LogP contribution in [0.5, 0.6) is 5.75 Å². The molecule has 33 heavy (non-hydrogen) atoms. The number of fused-ring (bicyclic) bond motifs is 1. The maximum Gasteiger partial charge on any atom is 0.345 e. The van der Waals surface area contributed by atoms with Crippen molar-refractivity contribution in [3.63, 3.8) is 0 Å². The number of esters is 1. The highest BCUT2D eigenvalue weighted by atomic mass is 32.1. The molecule has 0 amide bonds. The second-order valence-corrected chi connectivity index (χ2v) is 11.2. The van der Waals surface area contributed by atoms with Crippen LogP contribution in [0.1, 0.15) is 41.9 Å². The van der Waals surface area contributed by atoms with Crippen molar-refractivity contribution in [1.29, 1.82) is 0 Å². The molecule has 0 saturated heterocycles. The highest BCUT2D eigenvalue weighted by molar-refractivity contribution is 7.56. The van der Waals surface area contributed by atoms with E-state index < -0.39 is 25.5 Å². The Kier molecular flexibility index (Phi) is 8.30. The lowest BCUT2D eigenvalue weighted by molar-refractivity contribution is -0.147. The molecule has 0 aliphatic heterocycles. The number of carboxylic acid groups (broad SMARTS) is 1. The van der Waals surface area contributed by atoms with Crippen molar-refractivity contribution >= 4 is 40.9 Å². The number of carboxylic acids is 1. The van der Waals surface area contributed by atoms with Crippen molar-refractivity contribution in [2.75, 3.05) is 13.7 Å². The van der Waals surface area contributed by atoms with Crippen LogP contribution < -0.4 is 4.52 Å². The average molecular weight is 490 g/mol. The summed E-state index contributed by atoms with van der Waals surface area (Å²) in [5.41, 5.74) is 0.718. The number of nitrogens with zero attached hydrogens (tertiary/aromatic N) is 1. The van der Waals surface area contributed by atoms with E-state index in [-0.39, 0.29) is 11.0 Å². The zero-order valence-electron chi connectivity index (χ0n) is 18.9. The van der Waals surface area contributed by atoms with E-state index in [1.165, 1.54) is 16.0 Å². The van der Waals surface area contributed by atoms with Crippen LogP contribution in [0.3, 0.4) is 0 Å². The van der Waals surface area contributed by atoms with E-state index in [0.717, 1.165) is 28.5 Å². The minimum atomic E-state index is -3.57. The van der Waals surface area contributed by atoms with Gasteiger partial charge in [-0.1, -0.05) is 37.6 Å². The van der Waals surface area contributed by atoms with E-state index >= 15 is 0 Å². The van der Waals surface area contributed by atoms with Gasteiger partial charge in [0.25, 0.3) is 0 Å². The molecular weight excluding hydrogens is 461 g/mol. The molecule has 2 aromatic carbocycles. The fraction of sp³-hybridized carbons (Fsp3) is 0.333. The SMILES string of the molecule is CCCCOC(=O)[C@H](C)N(C)P(=O)(Cc1ccc2sc(C(=O)O)cc2c1)Oc1ccccc1. The number of hydrogen-bond donors (Lipinski definition) is 1. The van der Waals surface area contributed by atoms with E-state index in [2.05, 4.69) is 0 Å². The van der Waals surface area contributed by atoms with Crippen LogP contribution in [0, 0.1) is 0 Å². The number of benzene rings is 2. The van der Waals surface area contributed by atoms with Crippen LogP contribution in [-0.2, 0) is 20.3 Å². The summed E-state index contributed by atoms with van der Waals surface area (Å²) in [4.78, 5) is 24.1. The number of para-hydroxylation sites is 1. The lowest BCUT2D eigenvalue weighted by atomic mass is 10.2. The molecule has 1 aromatic heterocycles. The topological polar surface area (TPSA) is 93.1 Å². The van der Waals surface area contributed by atoms with Crippen molar-refractivity contribution in [3.05, 3.63) is 65.0 Å². The van der Waals surface area contributed by atoms with E-state index in [9.17, 15) is 19.3 Å². The van der Waals surface area contributed by atoms with Gasteiger partial charge in [0, 0.05) is 4.70 Å². The van der Waals surface area contributed by atoms with Crippen molar-refractivity contribution in [2.24, 2.45) is 0 Å². The van der Waals surface area contributed by atoms with E-state index in [0.29, 0.717) is 12.4 Å². The van der Waals surface area contributed by atoms with Crippen molar-refractivity contribution in [2.45, 2.75) is 38.9 Å². The monoisotopic (exact) mass is 489 g/mol. The number of likely N-dealkylation sites (N-methyl/N-ethyl adjacent to an activating group) is 1. The molecule has 9 heteroatoms. The molecule has 0 saturated carbocycles. The number of ether oxygens (including phenoxy) is 1. The van der Waals surface area contributed by atoms with Crippen LogP contribution in [0.4, 0.5) is 0 Å². The summed E-state index contributed by atoms with van der Waals surface area (Å²) in [7, 11) is -1.98. The van der Waals surface area contributed by atoms with Crippen LogP contribution >= 0.6 is 18.9 Å². The number of aromatic carboxylic acids is 1. The predicted octanol–water partition coefficient (Wildman–Crippen LogP) is 6.04. The molecule has 0 bridgehead atoms. The second kappa shape index (κ2) is 11.0. The number of carbonyl (C=O) groups excluding carboxylic acids is 1. The molecule has 0 aliphatic rings. The Labute approximate surface area is 197 Å². The Hall–Kier alpha value is -2.67. The standard InChI is InChI=1S/C24H28NO6PS/c1-4-5-13-30-24(28)17(2)25(3)32(29,31-20-9-7-6-8-10-20)16-18-11-12-21-19(14-18)15-22(33-21)23(26)27/h6-12,14-15,17H,4-5,13,16H2,1-3H3,(H,26,27)/t17-,32?/m0/s1. The lowest BCUT2D eigenvalue weighted by Crippen LogP contribution is -2.36. The molecule has 3 rings (SSSR count). The molecule has 0 aliphatic carbocycles. The highest BCUT2D eigenvalue weighted by Crippen LogP contribution is 2.54. The maximum absolute atomic E-state index is 14.2. The third-order valence-corrected chi connectivity index (χ3v) is 8.96. The number of carbonyl (C=O) groups is 2. The first-order valence-electron chi connectivity index (χ1n) is 10.7. The fourth-order valence-corrected chi connectivity index (χ4v) is 6.27. The molecule has 0 radical (unpaired) electrons. The zero-order chi connectivity index (χ0) is 24.0. The van der Waals surface area contributed by atoms with Crippen molar-refractivity contribution in [3.8, 4) is 5.75 Å². The third kappa shape index (κ3) is 6.22. The average Bonchev–Trinajstić information content (AvgIpc) is 3.22. The first-order valence-corrected chi connectivity index (χ1v) is 13.3. The van der Waals surface area contributed by atoms with Gasteiger partial charge in [-0.15, -0.1) is 11.3 Å². The minimum absolute atomic E-state index is 0.0408. The smallest absolute Gasteiger partial charge is 0.345 e. The molecule has 7 nitrogen and oxygen atoms in total. The Morgan fingerprint density at radius 2 is 1.88 bits per heavy atom. The van der Waals surface area contributed by atoms with Gasteiger partial charge in [0.1, 0.15) is 16.7 Å². The summed E-state index contributed by atoms with van der Waals surface area (Å²) in [6.07, 6.45) is 1.71. The fourth-order valence-electron chi connectivity index (χ4n) is 3.24. The molecular formula is C24H28NO6PS. The van der Waals surface area contributed by atoms with E-state index in [1.807, 2.05) is 31.2 Å². The van der Waals surface area contributed by atoms with Gasteiger partial charge in [0.05, 0.1) is 12.8 Å². The molecule has 1 N–H and O–H groups in total. The Balaban J connectivity index is 1.90. The van der Waals surface area contributed by atoms with Gasteiger partial charge in [-0.3, -0.25) is 9.36 Å². The summed E-state index contributed by atoms with van der Waals surface area (Å²) in [5.74, 6) is -1.00. The molecule has 0 fully saturated rings. The minimum Gasteiger partial charge on any atom is -0.477 e. The Bertz CT molecular complexity index is 1160. The highest BCUT2D eigenvalue weighted by Gasteiger charge is 2.37. The van der Waals surface area contributed by atoms with Gasteiger partial charge in [-0.05, 0) is 61.7 Å². The van der Waals surface area contributed by atoms with Crippen LogP contribution in [-0.4, -0.2) is 41.4 Å². The Morgan fingerprint density at radius 3 is 2.55 bits per heavy atom. The first-order chi connectivity index (χ1) is 15.7. The van der Waals surface area contributed by atoms with Gasteiger partial charge >= 0.3 is 19.5 Å². The maximum atomic E-state index is 14.2. The molecule has 3 aromatic rings. The summed E-state index contributed by atoms with van der Waals surface area (Å²) in [6.45, 7) is 3.98. The quantitative estimate of drug-likeness (QED) is 0.200. The number of hydrogen-bond acceptors (Lipinski definition) is 6. The lowest BCUT2D eigenvalue weighted by Gasteiger charge is -2.31. The normalized spacial score (nSPS) is 14.1. The van der Waals surface area contributed by atoms with Gasteiger partial charge in [-0.2, -0.15) is 0 Å². The van der Waals surface area contributed by atoms with Gasteiger partial charge < -0.3 is 14.4 Å². The third-order valence-electron chi connectivity index (χ3n) is 5.29. The number of rotatable bonds is 11. The number of thiophene rings is 1. The van der Waals surface area contributed by atoms with Crippen LogP contribution in [0.2, 0.25) is 0 Å². The number of unbranched alkanes of at least 4 members (excludes halogenated alkanes) is 1. The largest absolute Gasteiger partial charge is 0.477 e. The second-order valence-electron chi connectivity index (χ2n) is 7.76. The van der Waals surface area contributed by atoms with Gasteiger partial charge in [0.15, 0.2) is 0 Å². The Morgan fingerprint density at radius 1 is 1.15 bits per heavy atom. The molecule has 176 valence electrons. The van der Waals surface area contributed by atoms with Crippen molar-refractivity contribution in [1.82, 2.24) is 4.67 Å². The van der Waals surface area contributed by atoms with E-state index in [1.54, 1.807) is 44.3 Å². The zero-order valence-corrected chi connectivity index (χ0v) is 20.6. The van der Waals surface area contributed by atoms with E-state index in [4.69, 9.17) is 9.26 Å². The molecule has 2 atom stereocenters. The van der Waals surface area contributed by atoms with Gasteiger partial charge in [-0.25, -0.2) is 9.46 Å². The summed E-state index contributed by atoms with van der Waals surface area (Å²) < 4.78 is 27.8. The summed E-state index contributed by atoms with van der Waals surface area (Å²) >= 11 is 1.19. The molecule has 1 unspecified atom stereocenters. The summed E-state index contributed by atoms with van der Waals surface area (Å²) in [5, 5.41) is 10.0. The first kappa shape index (κ1) is 25.0. The molecule has 1 heterocycles.